The molecule has 5 nitrogen and oxygen atoms in total. The van der Waals surface area contributed by atoms with Gasteiger partial charge in [0.2, 0.25) is 5.91 Å². The molecule has 2 aromatic carbocycles. The average Bonchev–Trinajstić information content (AvgIpc) is 3.20. The van der Waals surface area contributed by atoms with Crippen molar-refractivity contribution in [3.8, 4) is 0 Å². The van der Waals surface area contributed by atoms with Gasteiger partial charge in [0.15, 0.2) is 0 Å². The van der Waals surface area contributed by atoms with Crippen molar-refractivity contribution >= 4 is 44.8 Å². The molecule has 0 bridgehead atoms. The summed E-state index contributed by atoms with van der Waals surface area (Å²) in [7, 11) is 0. The van der Waals surface area contributed by atoms with Gasteiger partial charge in [0.25, 0.3) is 5.91 Å². The molecule has 1 aliphatic rings. The molecule has 28 heavy (non-hydrogen) atoms. The van der Waals surface area contributed by atoms with Crippen LogP contribution in [-0.4, -0.2) is 47.8 Å². The molecule has 3 aromatic rings. The Labute approximate surface area is 171 Å². The van der Waals surface area contributed by atoms with Crippen molar-refractivity contribution in [3.63, 3.8) is 0 Å². The standard InChI is InChI=1S/C22H19BrN2O3/c23-19-5-1-16(2-6-19)3-8-21(26)24-10-12-25(13-11-24)22(27)18-4-7-20-17(15-18)9-14-28-20/h1-9,14-15H,10-13H2/b8-3+. The van der Waals surface area contributed by atoms with E-state index in [2.05, 4.69) is 15.9 Å². The number of fused-ring (bicyclic) bond motifs is 1. The van der Waals surface area contributed by atoms with E-state index in [1.165, 1.54) is 0 Å². The van der Waals surface area contributed by atoms with Crippen LogP contribution in [0.5, 0.6) is 0 Å². The summed E-state index contributed by atoms with van der Waals surface area (Å²) < 4.78 is 6.32. The highest BCUT2D eigenvalue weighted by Crippen LogP contribution is 2.19. The number of benzene rings is 2. The molecular weight excluding hydrogens is 420 g/mol. The molecule has 142 valence electrons. The first-order chi connectivity index (χ1) is 13.6. The third-order valence-electron chi connectivity index (χ3n) is 4.87. The van der Waals surface area contributed by atoms with Crippen molar-refractivity contribution in [2.75, 3.05) is 26.2 Å². The minimum atomic E-state index is -0.0326. The number of furan rings is 1. The first kappa shape index (κ1) is 18.5. The van der Waals surface area contributed by atoms with E-state index in [0.29, 0.717) is 31.7 Å². The molecule has 0 aliphatic carbocycles. The number of halogens is 1. The van der Waals surface area contributed by atoms with E-state index in [-0.39, 0.29) is 11.8 Å². The largest absolute Gasteiger partial charge is 0.464 e. The molecule has 0 unspecified atom stereocenters. The van der Waals surface area contributed by atoms with Gasteiger partial charge in [-0.05, 0) is 48.0 Å². The summed E-state index contributed by atoms with van der Waals surface area (Å²) in [4.78, 5) is 28.7. The number of hydrogen-bond acceptors (Lipinski definition) is 3. The fraction of sp³-hybridized carbons (Fsp3) is 0.182. The molecule has 2 heterocycles. The number of hydrogen-bond donors (Lipinski definition) is 0. The highest BCUT2D eigenvalue weighted by atomic mass is 79.9. The van der Waals surface area contributed by atoms with Crippen LogP contribution in [0.4, 0.5) is 0 Å². The third-order valence-corrected chi connectivity index (χ3v) is 5.39. The van der Waals surface area contributed by atoms with Crippen molar-refractivity contribution in [2.24, 2.45) is 0 Å². The van der Waals surface area contributed by atoms with Crippen molar-refractivity contribution in [2.45, 2.75) is 0 Å². The lowest BCUT2D eigenvalue weighted by atomic mass is 10.1. The van der Waals surface area contributed by atoms with Crippen LogP contribution < -0.4 is 0 Å². The predicted molar refractivity (Wildman–Crippen MR) is 112 cm³/mol. The molecule has 4 rings (SSSR count). The maximum Gasteiger partial charge on any atom is 0.254 e. The van der Waals surface area contributed by atoms with Crippen LogP contribution in [0, 0.1) is 0 Å². The molecular formula is C22H19BrN2O3. The first-order valence-corrected chi connectivity index (χ1v) is 9.88. The lowest BCUT2D eigenvalue weighted by molar-refractivity contribution is -0.127. The van der Waals surface area contributed by atoms with Gasteiger partial charge in [-0.3, -0.25) is 9.59 Å². The van der Waals surface area contributed by atoms with Crippen LogP contribution in [0.15, 0.2) is 69.8 Å². The van der Waals surface area contributed by atoms with Crippen molar-refractivity contribution < 1.29 is 14.0 Å². The van der Waals surface area contributed by atoms with Crippen LogP contribution in [-0.2, 0) is 4.79 Å². The van der Waals surface area contributed by atoms with E-state index >= 15 is 0 Å². The predicted octanol–water partition coefficient (Wildman–Crippen LogP) is 4.19. The van der Waals surface area contributed by atoms with Crippen LogP contribution >= 0.6 is 15.9 Å². The molecule has 0 atom stereocenters. The van der Waals surface area contributed by atoms with Crippen molar-refractivity contribution in [3.05, 3.63) is 76.5 Å². The van der Waals surface area contributed by atoms with E-state index in [9.17, 15) is 9.59 Å². The lowest BCUT2D eigenvalue weighted by Crippen LogP contribution is -2.50. The second-order valence-corrected chi connectivity index (χ2v) is 7.59. The number of carbonyl (C=O) groups is 2. The summed E-state index contributed by atoms with van der Waals surface area (Å²) in [5, 5.41) is 0.915. The average molecular weight is 439 g/mol. The Morgan fingerprint density at radius 3 is 2.39 bits per heavy atom. The number of carbonyl (C=O) groups excluding carboxylic acids is 2. The quantitative estimate of drug-likeness (QED) is 0.575. The normalized spacial score (nSPS) is 14.8. The maximum atomic E-state index is 12.8. The zero-order chi connectivity index (χ0) is 19.5. The molecule has 0 radical (unpaired) electrons. The zero-order valence-electron chi connectivity index (χ0n) is 15.2. The fourth-order valence-electron chi connectivity index (χ4n) is 3.26. The lowest BCUT2D eigenvalue weighted by Gasteiger charge is -2.34. The van der Waals surface area contributed by atoms with Gasteiger partial charge in [-0.25, -0.2) is 0 Å². The summed E-state index contributed by atoms with van der Waals surface area (Å²) in [6.45, 7) is 2.12. The van der Waals surface area contributed by atoms with E-state index < -0.39 is 0 Å². The molecule has 1 aliphatic heterocycles. The molecule has 0 spiro atoms. The summed E-state index contributed by atoms with van der Waals surface area (Å²) in [5.41, 5.74) is 2.38. The summed E-state index contributed by atoms with van der Waals surface area (Å²) in [6.07, 6.45) is 5.02. The van der Waals surface area contributed by atoms with Crippen LogP contribution in [0.2, 0.25) is 0 Å². The van der Waals surface area contributed by atoms with E-state index in [1.54, 1.807) is 28.2 Å². The second-order valence-electron chi connectivity index (χ2n) is 6.68. The second kappa shape index (κ2) is 8.02. The van der Waals surface area contributed by atoms with Gasteiger partial charge in [-0.1, -0.05) is 28.1 Å². The molecule has 0 saturated carbocycles. The number of piperazine rings is 1. The molecule has 1 saturated heterocycles. The summed E-state index contributed by atoms with van der Waals surface area (Å²) in [6, 6.07) is 15.1. The van der Waals surface area contributed by atoms with Gasteiger partial charge in [0.1, 0.15) is 5.58 Å². The molecule has 1 aromatic heterocycles. The number of nitrogens with zero attached hydrogens (tertiary/aromatic N) is 2. The zero-order valence-corrected chi connectivity index (χ0v) is 16.8. The fourth-order valence-corrected chi connectivity index (χ4v) is 3.52. The monoisotopic (exact) mass is 438 g/mol. The SMILES string of the molecule is O=C(/C=C/c1ccc(Br)cc1)N1CCN(C(=O)c2ccc3occc3c2)CC1. The highest BCUT2D eigenvalue weighted by molar-refractivity contribution is 9.10. The Morgan fingerprint density at radius 2 is 1.64 bits per heavy atom. The van der Waals surface area contributed by atoms with Crippen molar-refractivity contribution in [1.82, 2.24) is 9.80 Å². The smallest absolute Gasteiger partial charge is 0.254 e. The molecule has 6 heteroatoms. The van der Waals surface area contributed by atoms with Gasteiger partial charge in [0.05, 0.1) is 6.26 Å². The van der Waals surface area contributed by atoms with Gasteiger partial charge in [-0.15, -0.1) is 0 Å². The van der Waals surface area contributed by atoms with Gasteiger partial charge >= 0.3 is 0 Å². The van der Waals surface area contributed by atoms with Crippen LogP contribution in [0.1, 0.15) is 15.9 Å². The Kier molecular flexibility index (Phi) is 5.30. The first-order valence-electron chi connectivity index (χ1n) is 9.09. The Hall–Kier alpha value is -2.86. The number of amides is 2. The van der Waals surface area contributed by atoms with E-state index in [4.69, 9.17) is 4.42 Å². The molecule has 1 fully saturated rings. The Morgan fingerprint density at radius 1 is 0.929 bits per heavy atom. The summed E-state index contributed by atoms with van der Waals surface area (Å²) >= 11 is 3.40. The van der Waals surface area contributed by atoms with Crippen LogP contribution in [0.25, 0.3) is 17.0 Å². The summed E-state index contributed by atoms with van der Waals surface area (Å²) in [5.74, 6) is -0.0459. The highest BCUT2D eigenvalue weighted by Gasteiger charge is 2.24. The van der Waals surface area contributed by atoms with E-state index in [0.717, 1.165) is 21.0 Å². The topological polar surface area (TPSA) is 53.8 Å². The number of rotatable bonds is 3. The van der Waals surface area contributed by atoms with Gasteiger partial charge in [0, 0.05) is 47.7 Å². The third kappa shape index (κ3) is 4.02. The van der Waals surface area contributed by atoms with Gasteiger partial charge < -0.3 is 14.2 Å². The van der Waals surface area contributed by atoms with Gasteiger partial charge in [-0.2, -0.15) is 0 Å². The minimum absolute atomic E-state index is 0.0133. The van der Waals surface area contributed by atoms with Crippen molar-refractivity contribution in [1.29, 1.82) is 0 Å². The maximum absolute atomic E-state index is 12.8. The van der Waals surface area contributed by atoms with Crippen LogP contribution in [0.3, 0.4) is 0 Å². The molecule has 2 amide bonds. The Bertz CT molecular complexity index is 1030. The Balaban J connectivity index is 1.35. The minimum Gasteiger partial charge on any atom is -0.464 e. The molecule has 0 N–H and O–H groups in total. The van der Waals surface area contributed by atoms with E-state index in [1.807, 2.05) is 48.5 Å².